The third-order valence-electron chi connectivity index (χ3n) is 6.31. The largest absolute Gasteiger partial charge is 0.291 e. The van der Waals surface area contributed by atoms with Crippen LogP contribution in [-0.2, 0) is 0 Å². The maximum Gasteiger partial charge on any atom is 0.291 e. The zero-order chi connectivity index (χ0) is 24.3. The van der Waals surface area contributed by atoms with Gasteiger partial charge >= 0.3 is 0 Å². The molecule has 36 heavy (non-hydrogen) atoms. The quantitative estimate of drug-likeness (QED) is 0.0868. The Labute approximate surface area is 209 Å². The highest BCUT2D eigenvalue weighted by Crippen LogP contribution is 2.42. The summed E-state index contributed by atoms with van der Waals surface area (Å²) in [6, 6.07) is 36.4. The molecule has 0 N–H and O–H groups in total. The average molecular weight is 462 g/mol. The minimum Gasteiger partial charge on any atom is -0.256 e. The van der Waals surface area contributed by atoms with E-state index in [4.69, 9.17) is 11.6 Å². The van der Waals surface area contributed by atoms with Crippen molar-refractivity contribution < 1.29 is 4.57 Å². The van der Waals surface area contributed by atoms with Crippen LogP contribution < -0.4 is 4.57 Å². The fourth-order valence-electron chi connectivity index (χ4n) is 4.63. The molecule has 0 saturated carbocycles. The molecule has 4 nitrogen and oxygen atoms in total. The van der Waals surface area contributed by atoms with Crippen LogP contribution in [0.15, 0.2) is 127 Å². The molecule has 0 aliphatic rings. The minimum absolute atomic E-state index is 0.666. The van der Waals surface area contributed by atoms with Crippen molar-refractivity contribution in [2.75, 3.05) is 0 Å². The van der Waals surface area contributed by atoms with Crippen LogP contribution in [0.25, 0.3) is 48.9 Å². The second-order valence-corrected chi connectivity index (χ2v) is 8.43. The number of aliphatic imine (C=N–C) groups is 1. The minimum atomic E-state index is 0.666. The Morgan fingerprint density at radius 3 is 2.06 bits per heavy atom. The Morgan fingerprint density at radius 2 is 1.36 bits per heavy atom. The predicted molar refractivity (Wildman–Crippen MR) is 147 cm³/mol. The van der Waals surface area contributed by atoms with E-state index >= 15 is 0 Å². The molecule has 0 radical (unpaired) electrons. The number of fused-ring (bicyclic) bond motifs is 2. The number of nitrogens with zero attached hydrogens (tertiary/aromatic N) is 4. The summed E-state index contributed by atoms with van der Waals surface area (Å²) in [5.41, 5.74) is 5.62. The smallest absolute Gasteiger partial charge is 0.256 e. The normalized spacial score (nSPS) is 11.2. The molecule has 4 heteroatoms. The van der Waals surface area contributed by atoms with Crippen molar-refractivity contribution in [2.24, 2.45) is 4.99 Å². The first-order valence-corrected chi connectivity index (χ1v) is 11.7. The van der Waals surface area contributed by atoms with E-state index in [1.807, 2.05) is 102 Å². The molecule has 6 aromatic rings. The summed E-state index contributed by atoms with van der Waals surface area (Å²) >= 11 is 0. The van der Waals surface area contributed by atoms with Gasteiger partial charge in [0.2, 0.25) is 5.69 Å². The van der Waals surface area contributed by atoms with E-state index in [1.165, 1.54) is 0 Å². The summed E-state index contributed by atoms with van der Waals surface area (Å²) in [7, 11) is 0. The van der Waals surface area contributed by atoms with E-state index in [2.05, 4.69) is 40.2 Å². The van der Waals surface area contributed by atoms with E-state index in [-0.39, 0.29) is 0 Å². The molecule has 0 unspecified atom stereocenters. The first-order valence-electron chi connectivity index (χ1n) is 11.7. The monoisotopic (exact) mass is 461 g/mol. The predicted octanol–water partition coefficient (Wildman–Crippen LogP) is 7.77. The lowest BCUT2D eigenvalue weighted by Crippen LogP contribution is -2.35. The second kappa shape index (κ2) is 9.25. The highest BCUT2D eigenvalue weighted by molar-refractivity contribution is 6.19. The molecule has 0 aliphatic carbocycles. The van der Waals surface area contributed by atoms with Crippen LogP contribution in [0, 0.1) is 6.57 Å². The zero-order valence-electron chi connectivity index (χ0n) is 19.4. The molecule has 0 bridgehead atoms. The average Bonchev–Trinajstić information content (AvgIpc) is 2.96. The number of aromatic nitrogens is 2. The Kier molecular flexibility index (Phi) is 5.50. The lowest BCUT2D eigenvalue weighted by Gasteiger charge is -2.08. The molecular weight excluding hydrogens is 440 g/mol. The van der Waals surface area contributed by atoms with Crippen LogP contribution in [0.2, 0.25) is 0 Å². The van der Waals surface area contributed by atoms with E-state index in [0.29, 0.717) is 5.69 Å². The van der Waals surface area contributed by atoms with E-state index in [9.17, 15) is 0 Å². The van der Waals surface area contributed by atoms with Crippen molar-refractivity contribution in [3.05, 3.63) is 133 Å². The number of hydrogen-bond donors (Lipinski definition) is 0. The van der Waals surface area contributed by atoms with Crippen molar-refractivity contribution in [1.29, 1.82) is 0 Å². The zero-order valence-corrected chi connectivity index (χ0v) is 19.4. The van der Waals surface area contributed by atoms with Crippen molar-refractivity contribution in [1.82, 2.24) is 4.98 Å². The van der Waals surface area contributed by atoms with Gasteiger partial charge in [0, 0.05) is 28.1 Å². The van der Waals surface area contributed by atoms with Gasteiger partial charge in [0.25, 0.3) is 6.34 Å². The Morgan fingerprint density at radius 1 is 0.694 bits per heavy atom. The van der Waals surface area contributed by atoms with E-state index < -0.39 is 0 Å². The summed E-state index contributed by atoms with van der Waals surface area (Å²) in [6.07, 6.45) is 5.67. The number of benzene rings is 4. The summed E-state index contributed by atoms with van der Waals surface area (Å²) in [5, 5.41) is 3.77. The van der Waals surface area contributed by atoms with E-state index in [1.54, 1.807) is 0 Å². The van der Waals surface area contributed by atoms with Gasteiger partial charge in [-0.05, 0) is 46.1 Å². The lowest BCUT2D eigenvalue weighted by molar-refractivity contribution is -0.533. The summed E-state index contributed by atoms with van der Waals surface area (Å²) in [5.74, 6) is 0. The topological polar surface area (TPSA) is 33.5 Å². The van der Waals surface area contributed by atoms with Crippen LogP contribution in [0.1, 0.15) is 0 Å². The molecule has 168 valence electrons. The first kappa shape index (κ1) is 21.4. The molecule has 2 aromatic heterocycles. The molecule has 4 aromatic carbocycles. The van der Waals surface area contributed by atoms with Crippen LogP contribution in [0.4, 0.5) is 11.4 Å². The lowest BCUT2D eigenvalue weighted by atomic mass is 9.99. The Bertz CT molecular complexity index is 1740. The van der Waals surface area contributed by atoms with Crippen molar-refractivity contribution in [3.8, 4) is 22.5 Å². The summed E-state index contributed by atoms with van der Waals surface area (Å²) < 4.78 is 2.03. The van der Waals surface area contributed by atoms with Crippen LogP contribution >= 0.6 is 0 Å². The van der Waals surface area contributed by atoms with Gasteiger partial charge in [-0.25, -0.2) is 9.41 Å². The van der Waals surface area contributed by atoms with Gasteiger partial charge in [0.15, 0.2) is 5.69 Å². The van der Waals surface area contributed by atoms with Crippen LogP contribution in [0.5, 0.6) is 0 Å². The molecule has 0 atom stereocenters. The molecule has 0 spiro atoms. The van der Waals surface area contributed by atoms with Gasteiger partial charge in [-0.1, -0.05) is 78.9 Å². The van der Waals surface area contributed by atoms with Gasteiger partial charge in [0.1, 0.15) is 5.69 Å². The molecule has 0 aliphatic heterocycles. The number of rotatable bonds is 4. The highest BCUT2D eigenvalue weighted by atomic mass is 15.0. The van der Waals surface area contributed by atoms with Gasteiger partial charge in [-0.3, -0.25) is 4.98 Å². The molecule has 6 rings (SSSR count). The first-order chi connectivity index (χ1) is 17.8. The molecule has 0 fully saturated rings. The Hall–Kier alpha value is -5.14. The summed E-state index contributed by atoms with van der Waals surface area (Å²) in [6.45, 7) is 7.80. The van der Waals surface area contributed by atoms with Gasteiger partial charge in [0.05, 0.1) is 18.5 Å². The molecular formula is C32H21N4+. The van der Waals surface area contributed by atoms with Crippen molar-refractivity contribution >= 4 is 39.3 Å². The molecule has 0 amide bonds. The van der Waals surface area contributed by atoms with Crippen molar-refractivity contribution in [3.63, 3.8) is 0 Å². The summed E-state index contributed by atoms with van der Waals surface area (Å²) in [4.78, 5) is 13.4. The second-order valence-electron chi connectivity index (χ2n) is 8.43. The van der Waals surface area contributed by atoms with Crippen LogP contribution in [-0.4, -0.2) is 11.3 Å². The standard InChI is InChI=1S/C32H21N4/c1-33-31-25-13-2-4-15-27(25)32(28-16-5-3-14-26(28)31)35-22-36-20-9-7-18-30(36)24-12-10-11-23(21-24)29-17-6-8-19-34-29/h2-22H/q+1. The number of pyridine rings is 2. The molecule has 2 heterocycles. The maximum absolute atomic E-state index is 7.80. The number of hydrogen-bond acceptors (Lipinski definition) is 2. The third kappa shape index (κ3) is 3.79. The van der Waals surface area contributed by atoms with Gasteiger partial charge in [-0.15, -0.1) is 0 Å². The maximum atomic E-state index is 7.80. The SMILES string of the molecule is [C-]#[N+]c1c2ccccc2c(N=C[n+]2ccccc2-c2cccc(-c3ccccn3)c2)c2ccccc12. The Balaban J connectivity index is 1.50. The third-order valence-corrected chi connectivity index (χ3v) is 6.31. The highest BCUT2D eigenvalue weighted by Gasteiger charge is 2.17. The fourth-order valence-corrected chi connectivity index (χ4v) is 4.63. The van der Waals surface area contributed by atoms with Gasteiger partial charge in [-0.2, -0.15) is 0 Å². The van der Waals surface area contributed by atoms with Crippen LogP contribution in [0.3, 0.4) is 0 Å². The van der Waals surface area contributed by atoms with Gasteiger partial charge < -0.3 is 0 Å². The van der Waals surface area contributed by atoms with E-state index in [0.717, 1.165) is 49.7 Å². The molecule has 0 saturated heterocycles. The van der Waals surface area contributed by atoms with Crippen molar-refractivity contribution in [2.45, 2.75) is 0 Å². The fraction of sp³-hybridized carbons (Fsp3) is 0.